The highest BCUT2D eigenvalue weighted by atomic mass is 16.5. The Bertz CT molecular complexity index is 167. The molecule has 1 heterocycles. The Morgan fingerprint density at radius 1 is 1.54 bits per heavy atom. The molecule has 13 heavy (non-hydrogen) atoms. The van der Waals surface area contributed by atoms with Gasteiger partial charge in [-0.05, 0) is 38.1 Å². The first-order valence-corrected chi connectivity index (χ1v) is 5.23. The summed E-state index contributed by atoms with van der Waals surface area (Å²) in [7, 11) is 1.79. The van der Waals surface area contributed by atoms with Gasteiger partial charge in [0, 0.05) is 19.3 Å². The summed E-state index contributed by atoms with van der Waals surface area (Å²) in [5, 5.41) is 3.58. The molecule has 1 fully saturated rings. The molecule has 3 unspecified atom stereocenters. The lowest BCUT2D eigenvalue weighted by Crippen LogP contribution is -2.42. The van der Waals surface area contributed by atoms with Crippen molar-refractivity contribution in [3.8, 4) is 0 Å². The van der Waals surface area contributed by atoms with E-state index in [1.165, 1.54) is 0 Å². The predicted octanol–water partition coefficient (Wildman–Crippen LogP) is 1.90. The van der Waals surface area contributed by atoms with Crippen molar-refractivity contribution in [2.75, 3.05) is 20.3 Å². The molecule has 1 aliphatic rings. The van der Waals surface area contributed by atoms with E-state index in [0.29, 0.717) is 5.92 Å². The van der Waals surface area contributed by atoms with E-state index in [9.17, 15) is 0 Å². The average molecular weight is 185 g/mol. The highest BCUT2D eigenvalue weighted by Gasteiger charge is 2.42. The van der Waals surface area contributed by atoms with Crippen molar-refractivity contribution < 1.29 is 4.74 Å². The highest BCUT2D eigenvalue weighted by molar-refractivity contribution is 4.97. The van der Waals surface area contributed by atoms with Gasteiger partial charge in [-0.2, -0.15) is 0 Å². The normalized spacial score (nSPS) is 34.8. The highest BCUT2D eigenvalue weighted by Crippen LogP contribution is 2.36. The van der Waals surface area contributed by atoms with Crippen LogP contribution in [0.2, 0.25) is 0 Å². The quantitative estimate of drug-likeness (QED) is 0.725. The molecular weight excluding hydrogens is 162 g/mol. The lowest BCUT2D eigenvalue weighted by molar-refractivity contribution is 0.0952. The summed E-state index contributed by atoms with van der Waals surface area (Å²) in [4.78, 5) is 0. The molecule has 0 bridgehead atoms. The van der Waals surface area contributed by atoms with E-state index in [0.717, 1.165) is 25.0 Å². The Morgan fingerprint density at radius 2 is 2.15 bits per heavy atom. The van der Waals surface area contributed by atoms with Crippen LogP contribution in [0.25, 0.3) is 0 Å². The van der Waals surface area contributed by atoms with Crippen molar-refractivity contribution in [2.24, 2.45) is 17.8 Å². The first kappa shape index (κ1) is 11.0. The van der Waals surface area contributed by atoms with E-state index in [2.05, 4.69) is 33.0 Å². The molecule has 1 aliphatic heterocycles. The maximum Gasteiger partial charge on any atom is 0.0491 e. The average Bonchev–Trinajstić information content (AvgIpc) is 2.26. The zero-order valence-electron chi connectivity index (χ0n) is 9.55. The van der Waals surface area contributed by atoms with Crippen molar-refractivity contribution in [1.82, 2.24) is 5.32 Å². The van der Waals surface area contributed by atoms with Crippen molar-refractivity contribution in [3.05, 3.63) is 0 Å². The summed E-state index contributed by atoms with van der Waals surface area (Å²) < 4.78 is 5.23. The van der Waals surface area contributed by atoms with Crippen LogP contribution in [-0.2, 0) is 4.74 Å². The van der Waals surface area contributed by atoms with Crippen molar-refractivity contribution in [2.45, 2.75) is 33.2 Å². The minimum absolute atomic E-state index is 0.275. The fraction of sp³-hybridized carbons (Fsp3) is 1.00. The Kier molecular flexibility index (Phi) is 3.36. The van der Waals surface area contributed by atoms with Gasteiger partial charge in [-0.3, -0.25) is 0 Å². The lowest BCUT2D eigenvalue weighted by atomic mass is 9.75. The molecule has 0 aromatic carbocycles. The van der Waals surface area contributed by atoms with Crippen molar-refractivity contribution >= 4 is 0 Å². The van der Waals surface area contributed by atoms with E-state index < -0.39 is 0 Å². The SMILES string of the molecule is COCC(C)C1C(C)CNC1(C)C. The molecule has 1 rings (SSSR count). The number of hydrogen-bond donors (Lipinski definition) is 1. The molecule has 1 saturated heterocycles. The monoisotopic (exact) mass is 185 g/mol. The van der Waals surface area contributed by atoms with Gasteiger partial charge < -0.3 is 10.1 Å². The molecule has 0 aliphatic carbocycles. The molecule has 0 amide bonds. The maximum absolute atomic E-state index is 5.23. The van der Waals surface area contributed by atoms with Crippen LogP contribution >= 0.6 is 0 Å². The predicted molar refractivity (Wildman–Crippen MR) is 55.8 cm³/mol. The molecule has 0 aromatic rings. The second kappa shape index (κ2) is 3.97. The first-order chi connectivity index (χ1) is 5.99. The van der Waals surface area contributed by atoms with Gasteiger partial charge in [0.15, 0.2) is 0 Å². The van der Waals surface area contributed by atoms with Gasteiger partial charge in [-0.15, -0.1) is 0 Å². The summed E-state index contributed by atoms with van der Waals surface area (Å²) in [6, 6.07) is 0. The molecule has 0 saturated carbocycles. The molecule has 78 valence electrons. The van der Waals surface area contributed by atoms with Crippen LogP contribution in [0.1, 0.15) is 27.7 Å². The number of rotatable bonds is 3. The van der Waals surface area contributed by atoms with Crippen LogP contribution in [-0.4, -0.2) is 25.8 Å². The Morgan fingerprint density at radius 3 is 2.54 bits per heavy atom. The lowest BCUT2D eigenvalue weighted by Gasteiger charge is -2.33. The number of ether oxygens (including phenoxy) is 1. The topological polar surface area (TPSA) is 21.3 Å². The summed E-state index contributed by atoms with van der Waals surface area (Å²) in [5.41, 5.74) is 0.275. The van der Waals surface area contributed by atoms with Gasteiger partial charge in [0.2, 0.25) is 0 Å². The van der Waals surface area contributed by atoms with Gasteiger partial charge in [-0.1, -0.05) is 13.8 Å². The summed E-state index contributed by atoms with van der Waals surface area (Å²) >= 11 is 0. The van der Waals surface area contributed by atoms with Gasteiger partial charge >= 0.3 is 0 Å². The summed E-state index contributed by atoms with van der Waals surface area (Å²) in [5.74, 6) is 2.14. The Balaban J connectivity index is 2.64. The number of hydrogen-bond acceptors (Lipinski definition) is 2. The molecule has 2 heteroatoms. The molecule has 0 radical (unpaired) electrons. The van der Waals surface area contributed by atoms with Gasteiger partial charge in [0.25, 0.3) is 0 Å². The number of methoxy groups -OCH3 is 1. The fourth-order valence-corrected chi connectivity index (χ4v) is 3.02. The molecule has 2 nitrogen and oxygen atoms in total. The van der Waals surface area contributed by atoms with Crippen LogP contribution in [0.15, 0.2) is 0 Å². The second-order valence-electron chi connectivity index (χ2n) is 5.04. The van der Waals surface area contributed by atoms with Crippen LogP contribution < -0.4 is 5.32 Å². The molecule has 0 spiro atoms. The van der Waals surface area contributed by atoms with Gasteiger partial charge in [0.1, 0.15) is 0 Å². The van der Waals surface area contributed by atoms with Crippen LogP contribution in [0, 0.1) is 17.8 Å². The minimum atomic E-state index is 0.275. The zero-order chi connectivity index (χ0) is 10.1. The second-order valence-corrected chi connectivity index (χ2v) is 5.04. The maximum atomic E-state index is 5.23. The summed E-state index contributed by atoms with van der Waals surface area (Å²) in [6.45, 7) is 11.2. The van der Waals surface area contributed by atoms with Gasteiger partial charge in [-0.25, -0.2) is 0 Å². The number of nitrogens with one attached hydrogen (secondary N) is 1. The van der Waals surface area contributed by atoms with E-state index in [1.807, 2.05) is 0 Å². The fourth-order valence-electron chi connectivity index (χ4n) is 3.02. The van der Waals surface area contributed by atoms with E-state index in [4.69, 9.17) is 4.74 Å². The standard InChI is InChI=1S/C11H23NO/c1-8-6-12-11(3,4)10(8)9(2)7-13-5/h8-10,12H,6-7H2,1-5H3. The molecule has 0 aromatic heterocycles. The van der Waals surface area contributed by atoms with Crippen molar-refractivity contribution in [3.63, 3.8) is 0 Å². The van der Waals surface area contributed by atoms with Crippen LogP contribution in [0.5, 0.6) is 0 Å². The zero-order valence-corrected chi connectivity index (χ0v) is 9.55. The largest absolute Gasteiger partial charge is 0.384 e. The van der Waals surface area contributed by atoms with E-state index in [1.54, 1.807) is 7.11 Å². The molecule has 3 atom stereocenters. The van der Waals surface area contributed by atoms with Crippen LogP contribution in [0.3, 0.4) is 0 Å². The third-order valence-corrected chi connectivity index (χ3v) is 3.37. The molecular formula is C11H23NO. The van der Waals surface area contributed by atoms with E-state index >= 15 is 0 Å². The summed E-state index contributed by atoms with van der Waals surface area (Å²) in [6.07, 6.45) is 0. The third kappa shape index (κ3) is 2.23. The van der Waals surface area contributed by atoms with Crippen molar-refractivity contribution in [1.29, 1.82) is 0 Å². The van der Waals surface area contributed by atoms with Crippen LogP contribution in [0.4, 0.5) is 0 Å². The van der Waals surface area contributed by atoms with Gasteiger partial charge in [0.05, 0.1) is 0 Å². The molecule has 1 N–H and O–H groups in total. The minimum Gasteiger partial charge on any atom is -0.384 e. The smallest absolute Gasteiger partial charge is 0.0491 e. The Labute approximate surface area is 82.0 Å². The Hall–Kier alpha value is -0.0800. The third-order valence-electron chi connectivity index (χ3n) is 3.37. The van der Waals surface area contributed by atoms with E-state index in [-0.39, 0.29) is 5.54 Å². The first-order valence-electron chi connectivity index (χ1n) is 5.23.